The van der Waals surface area contributed by atoms with E-state index in [4.69, 9.17) is 0 Å². The van der Waals surface area contributed by atoms with E-state index in [9.17, 15) is 5.26 Å². The van der Waals surface area contributed by atoms with E-state index in [0.29, 0.717) is 23.3 Å². The number of nitriles is 1. The Morgan fingerprint density at radius 3 is 2.83 bits per heavy atom. The van der Waals surface area contributed by atoms with Gasteiger partial charge in [0, 0.05) is 18.4 Å². The zero-order valence-corrected chi connectivity index (χ0v) is 13.3. The molecule has 0 amide bonds. The third-order valence-corrected chi connectivity index (χ3v) is 4.24. The minimum Gasteiger partial charge on any atom is -0.361 e. The van der Waals surface area contributed by atoms with Gasteiger partial charge in [0.2, 0.25) is 5.95 Å². The zero-order chi connectivity index (χ0) is 16.1. The molecule has 0 radical (unpaired) electrons. The first-order chi connectivity index (χ1) is 11.3. The van der Waals surface area contributed by atoms with E-state index in [2.05, 4.69) is 26.7 Å². The average molecular weight is 307 g/mol. The normalized spacial score (nSPS) is 19.8. The van der Waals surface area contributed by atoms with Crippen molar-refractivity contribution < 1.29 is 0 Å². The fraction of sp³-hybridized carbons (Fsp3) is 0.389. The molecule has 118 valence electrons. The number of rotatable bonds is 3. The predicted octanol–water partition coefficient (Wildman–Crippen LogP) is 3.44. The first-order valence-corrected chi connectivity index (χ1v) is 8.12. The molecule has 0 spiro atoms. The molecule has 2 aliphatic rings. The van der Waals surface area contributed by atoms with Crippen LogP contribution in [0.2, 0.25) is 0 Å². The smallest absolute Gasteiger partial charge is 0.223 e. The van der Waals surface area contributed by atoms with Gasteiger partial charge in [0.15, 0.2) is 0 Å². The first kappa shape index (κ1) is 15.3. The van der Waals surface area contributed by atoms with E-state index in [1.165, 1.54) is 19.3 Å². The Kier molecular flexibility index (Phi) is 4.72. The van der Waals surface area contributed by atoms with Gasteiger partial charge < -0.3 is 10.6 Å². The molecule has 1 aliphatic heterocycles. The SMILES string of the molecule is Cc1cnc(NC2CCCCC2)nc1/C(C#N)=C1/C=CC=CN1. The van der Waals surface area contributed by atoms with Gasteiger partial charge in [0.1, 0.15) is 11.6 Å². The molecular formula is C18H21N5. The van der Waals surface area contributed by atoms with E-state index in [1.54, 1.807) is 6.20 Å². The highest BCUT2D eigenvalue weighted by molar-refractivity contribution is 5.80. The Hall–Kier alpha value is -2.61. The summed E-state index contributed by atoms with van der Waals surface area (Å²) in [6, 6.07) is 2.71. The van der Waals surface area contributed by atoms with Crippen LogP contribution in [0.15, 0.2) is 36.3 Å². The van der Waals surface area contributed by atoms with Crippen molar-refractivity contribution >= 4 is 11.5 Å². The predicted molar refractivity (Wildman–Crippen MR) is 91.2 cm³/mol. The molecule has 1 fully saturated rings. The molecule has 0 unspecified atom stereocenters. The Bertz CT molecular complexity index is 703. The van der Waals surface area contributed by atoms with Crippen molar-refractivity contribution in [2.45, 2.75) is 45.1 Å². The van der Waals surface area contributed by atoms with Crippen molar-refractivity contribution in [3.8, 4) is 6.07 Å². The van der Waals surface area contributed by atoms with Gasteiger partial charge >= 0.3 is 0 Å². The van der Waals surface area contributed by atoms with Crippen molar-refractivity contribution in [2.24, 2.45) is 0 Å². The molecule has 5 heteroatoms. The van der Waals surface area contributed by atoms with Crippen LogP contribution in [0, 0.1) is 18.3 Å². The van der Waals surface area contributed by atoms with Gasteiger partial charge in [-0.05, 0) is 37.5 Å². The number of anilines is 1. The highest BCUT2D eigenvalue weighted by atomic mass is 15.1. The van der Waals surface area contributed by atoms with Gasteiger partial charge in [-0.2, -0.15) is 5.26 Å². The lowest BCUT2D eigenvalue weighted by Gasteiger charge is -2.23. The molecule has 0 saturated heterocycles. The second-order valence-corrected chi connectivity index (χ2v) is 5.97. The van der Waals surface area contributed by atoms with Crippen molar-refractivity contribution in [1.29, 1.82) is 5.26 Å². The fourth-order valence-electron chi connectivity index (χ4n) is 2.98. The molecule has 0 atom stereocenters. The lowest BCUT2D eigenvalue weighted by Crippen LogP contribution is -2.23. The summed E-state index contributed by atoms with van der Waals surface area (Å²) in [5.41, 5.74) is 2.88. The summed E-state index contributed by atoms with van der Waals surface area (Å²) in [6.07, 6.45) is 15.4. The lowest BCUT2D eigenvalue weighted by atomic mass is 9.96. The van der Waals surface area contributed by atoms with Crippen LogP contribution in [0.25, 0.3) is 5.57 Å². The van der Waals surface area contributed by atoms with Crippen LogP contribution in [0.5, 0.6) is 0 Å². The van der Waals surface area contributed by atoms with Crippen LogP contribution < -0.4 is 10.6 Å². The molecule has 3 rings (SSSR count). The van der Waals surface area contributed by atoms with Crippen molar-refractivity contribution in [3.63, 3.8) is 0 Å². The Morgan fingerprint density at radius 1 is 1.30 bits per heavy atom. The van der Waals surface area contributed by atoms with Crippen LogP contribution >= 0.6 is 0 Å². The molecule has 0 bridgehead atoms. The summed E-state index contributed by atoms with van der Waals surface area (Å²) >= 11 is 0. The maximum atomic E-state index is 9.58. The summed E-state index contributed by atoms with van der Waals surface area (Å²) in [5, 5.41) is 16.1. The number of hydrogen-bond donors (Lipinski definition) is 2. The van der Waals surface area contributed by atoms with E-state index in [1.807, 2.05) is 31.4 Å². The lowest BCUT2D eigenvalue weighted by molar-refractivity contribution is 0.461. The van der Waals surface area contributed by atoms with Gasteiger partial charge in [-0.15, -0.1) is 0 Å². The van der Waals surface area contributed by atoms with Crippen molar-refractivity contribution in [2.75, 3.05) is 5.32 Å². The first-order valence-electron chi connectivity index (χ1n) is 8.12. The maximum Gasteiger partial charge on any atom is 0.223 e. The standard InChI is InChI=1S/C18H21N5/c1-13-12-21-18(22-14-7-3-2-4-8-14)23-17(13)15(11-19)16-9-5-6-10-20-16/h5-6,9-10,12,14,20H,2-4,7-8H2,1H3,(H,21,22,23)/b16-15-. The van der Waals surface area contributed by atoms with Gasteiger partial charge in [-0.25, -0.2) is 9.97 Å². The molecule has 2 heterocycles. The monoisotopic (exact) mass is 307 g/mol. The van der Waals surface area contributed by atoms with Crippen LogP contribution in [0.3, 0.4) is 0 Å². The molecule has 1 aliphatic carbocycles. The number of aryl methyl sites for hydroxylation is 1. The van der Waals surface area contributed by atoms with Crippen LogP contribution in [-0.2, 0) is 0 Å². The highest BCUT2D eigenvalue weighted by Gasteiger charge is 2.17. The van der Waals surface area contributed by atoms with Gasteiger partial charge in [0.05, 0.1) is 11.4 Å². The Balaban J connectivity index is 1.89. The number of nitrogens with zero attached hydrogens (tertiary/aromatic N) is 3. The van der Waals surface area contributed by atoms with Gasteiger partial charge in [-0.3, -0.25) is 0 Å². The number of nitrogens with one attached hydrogen (secondary N) is 2. The van der Waals surface area contributed by atoms with E-state index >= 15 is 0 Å². The summed E-state index contributed by atoms with van der Waals surface area (Å²) in [6.45, 7) is 1.93. The van der Waals surface area contributed by atoms with Gasteiger partial charge in [-0.1, -0.05) is 25.3 Å². The van der Waals surface area contributed by atoms with Crippen molar-refractivity contribution in [1.82, 2.24) is 15.3 Å². The number of dihydropyridines is 1. The number of allylic oxidation sites excluding steroid dienone is 4. The van der Waals surface area contributed by atoms with E-state index in [-0.39, 0.29) is 0 Å². The Labute approximate surface area is 136 Å². The van der Waals surface area contributed by atoms with Crippen molar-refractivity contribution in [3.05, 3.63) is 47.6 Å². The van der Waals surface area contributed by atoms with Crippen LogP contribution in [0.1, 0.15) is 43.4 Å². The summed E-state index contributed by atoms with van der Waals surface area (Å²) in [4.78, 5) is 9.00. The fourth-order valence-corrected chi connectivity index (χ4v) is 2.98. The minimum atomic E-state index is 0.438. The van der Waals surface area contributed by atoms with Crippen LogP contribution in [0.4, 0.5) is 5.95 Å². The largest absolute Gasteiger partial charge is 0.361 e. The van der Waals surface area contributed by atoms with E-state index < -0.39 is 0 Å². The summed E-state index contributed by atoms with van der Waals surface area (Å²) < 4.78 is 0. The molecule has 1 aromatic heterocycles. The quantitative estimate of drug-likeness (QED) is 0.837. The minimum absolute atomic E-state index is 0.438. The molecule has 2 N–H and O–H groups in total. The average Bonchev–Trinajstić information content (AvgIpc) is 2.60. The maximum absolute atomic E-state index is 9.58. The molecule has 1 aromatic rings. The molecule has 23 heavy (non-hydrogen) atoms. The molecule has 5 nitrogen and oxygen atoms in total. The van der Waals surface area contributed by atoms with Gasteiger partial charge in [0.25, 0.3) is 0 Å². The summed E-state index contributed by atoms with van der Waals surface area (Å²) in [7, 11) is 0. The molecule has 1 saturated carbocycles. The second kappa shape index (κ2) is 7.10. The molecular weight excluding hydrogens is 286 g/mol. The van der Waals surface area contributed by atoms with E-state index in [0.717, 1.165) is 24.1 Å². The summed E-state index contributed by atoms with van der Waals surface area (Å²) in [5.74, 6) is 0.612. The third kappa shape index (κ3) is 3.59. The number of hydrogen-bond acceptors (Lipinski definition) is 5. The highest BCUT2D eigenvalue weighted by Crippen LogP contribution is 2.23. The topological polar surface area (TPSA) is 73.6 Å². The van der Waals surface area contributed by atoms with Crippen LogP contribution in [-0.4, -0.2) is 16.0 Å². The zero-order valence-electron chi connectivity index (χ0n) is 13.3. The Morgan fingerprint density at radius 2 is 2.13 bits per heavy atom. The second-order valence-electron chi connectivity index (χ2n) is 5.97. The number of aromatic nitrogens is 2. The third-order valence-electron chi connectivity index (χ3n) is 4.24. The molecule has 0 aromatic carbocycles.